The van der Waals surface area contributed by atoms with Crippen LogP contribution in [0.15, 0.2) is 85.2 Å². The lowest BCUT2D eigenvalue weighted by molar-refractivity contribution is -0.0786. The first-order chi connectivity index (χ1) is 26.0. The van der Waals surface area contributed by atoms with Crippen LogP contribution in [-0.4, -0.2) is 76.4 Å². The van der Waals surface area contributed by atoms with Crippen molar-refractivity contribution < 1.29 is 8.78 Å². The monoisotopic (exact) mass is 729 g/mol. The molecule has 0 unspecified atom stereocenters. The summed E-state index contributed by atoms with van der Waals surface area (Å²) >= 11 is 0. The van der Waals surface area contributed by atoms with E-state index in [1.54, 1.807) is 6.20 Å². The van der Waals surface area contributed by atoms with Crippen molar-refractivity contribution in [2.45, 2.75) is 45.6 Å². The van der Waals surface area contributed by atoms with Crippen LogP contribution in [-0.2, 0) is 6.54 Å². The van der Waals surface area contributed by atoms with Gasteiger partial charge in [0.25, 0.3) is 0 Å². The van der Waals surface area contributed by atoms with Crippen molar-refractivity contribution in [2.75, 3.05) is 56.5 Å². The van der Waals surface area contributed by atoms with Gasteiger partial charge in [-0.1, -0.05) is 38.6 Å². The number of anilines is 2. The van der Waals surface area contributed by atoms with E-state index in [4.69, 9.17) is 15.7 Å². The Balaban J connectivity index is 0.937. The van der Waals surface area contributed by atoms with Crippen LogP contribution in [0.25, 0.3) is 28.0 Å². The van der Waals surface area contributed by atoms with Gasteiger partial charge in [0.1, 0.15) is 11.6 Å². The van der Waals surface area contributed by atoms with E-state index >= 15 is 0 Å². The minimum atomic E-state index is -0.546. The van der Waals surface area contributed by atoms with Crippen molar-refractivity contribution in [1.82, 2.24) is 24.3 Å². The average Bonchev–Trinajstić information content (AvgIpc) is 3.41. The first-order valence-electron chi connectivity index (χ1n) is 19.0. The number of rotatable bonds is 5. The van der Waals surface area contributed by atoms with Gasteiger partial charge < -0.3 is 30.3 Å². The fourth-order valence-electron chi connectivity index (χ4n) is 8.61. The number of aliphatic imine (C=N–C) groups is 1. The molecule has 6 heterocycles. The number of hydrogen-bond donors (Lipinski definition) is 2. The Morgan fingerprint density at radius 3 is 2.39 bits per heavy atom. The highest BCUT2D eigenvalue weighted by atomic mass is 19.1. The fourth-order valence-corrected chi connectivity index (χ4v) is 8.61. The molecule has 2 aromatic heterocycles. The minimum absolute atomic E-state index is 0.238. The summed E-state index contributed by atoms with van der Waals surface area (Å²) in [4.78, 5) is 21.2. The van der Waals surface area contributed by atoms with E-state index in [-0.39, 0.29) is 5.41 Å². The summed E-state index contributed by atoms with van der Waals surface area (Å²) in [6.45, 7) is 21.5. The average molecular weight is 730 g/mol. The zero-order valence-electron chi connectivity index (χ0n) is 31.3. The molecule has 4 aliphatic heterocycles. The molecule has 9 nitrogen and oxygen atoms in total. The number of aromatic nitrogens is 3. The van der Waals surface area contributed by atoms with Gasteiger partial charge in [0.05, 0.1) is 16.7 Å². The molecule has 1 spiro atoms. The lowest BCUT2D eigenvalue weighted by Gasteiger charge is -2.63. The van der Waals surface area contributed by atoms with Crippen LogP contribution in [0.5, 0.6) is 0 Å². The van der Waals surface area contributed by atoms with Crippen molar-refractivity contribution in [3.8, 4) is 0 Å². The number of likely N-dealkylation sites (tertiary alicyclic amines) is 2. The van der Waals surface area contributed by atoms with Gasteiger partial charge >= 0.3 is 0 Å². The molecule has 54 heavy (non-hydrogen) atoms. The van der Waals surface area contributed by atoms with Crippen LogP contribution in [0, 0.1) is 29.9 Å². The lowest BCUT2D eigenvalue weighted by Crippen LogP contribution is -2.71. The fraction of sp³-hybridized carbons (Fsp3) is 0.372. The maximum absolute atomic E-state index is 13.7. The second kappa shape index (κ2) is 14.1. The van der Waals surface area contributed by atoms with Crippen LogP contribution < -0.4 is 16.0 Å². The van der Waals surface area contributed by atoms with Crippen LogP contribution in [0.3, 0.4) is 0 Å². The van der Waals surface area contributed by atoms with Crippen LogP contribution in [0.2, 0.25) is 0 Å². The highest BCUT2D eigenvalue weighted by molar-refractivity contribution is 6.23. The largest absolute Gasteiger partial charge is 0.404 e. The molecule has 2 bridgehead atoms. The molecular formula is C43H49F2N9. The number of pyridine rings is 1. The summed E-state index contributed by atoms with van der Waals surface area (Å²) in [7, 11) is 1.82. The highest BCUT2D eigenvalue weighted by Gasteiger charge is 2.53. The quantitative estimate of drug-likeness (QED) is 0.218. The zero-order chi connectivity index (χ0) is 37.7. The number of fused-ring (bicyclic) bond motifs is 5. The molecule has 0 amide bonds. The summed E-state index contributed by atoms with van der Waals surface area (Å²) in [6.07, 6.45) is 6.68. The van der Waals surface area contributed by atoms with Crippen LogP contribution in [0.4, 0.5) is 20.4 Å². The van der Waals surface area contributed by atoms with E-state index in [9.17, 15) is 8.78 Å². The van der Waals surface area contributed by atoms with E-state index in [0.29, 0.717) is 11.6 Å². The molecule has 4 aromatic rings. The number of halogens is 2. The third kappa shape index (κ3) is 6.65. The normalized spacial score (nSPS) is 20.5. The predicted molar refractivity (Wildman–Crippen MR) is 216 cm³/mol. The Labute approximate surface area is 316 Å². The molecule has 4 aliphatic rings. The van der Waals surface area contributed by atoms with Crippen molar-refractivity contribution in [3.63, 3.8) is 0 Å². The summed E-state index contributed by atoms with van der Waals surface area (Å²) in [6, 6.07) is 14.2. The van der Waals surface area contributed by atoms with Gasteiger partial charge in [0, 0.05) is 122 Å². The summed E-state index contributed by atoms with van der Waals surface area (Å²) in [5, 5.41) is 3.55. The van der Waals surface area contributed by atoms with E-state index in [2.05, 4.69) is 62.6 Å². The molecule has 11 heteroatoms. The number of benzene rings is 2. The molecule has 0 atom stereocenters. The molecule has 0 aliphatic carbocycles. The second-order valence-corrected chi connectivity index (χ2v) is 15.6. The first-order valence-corrected chi connectivity index (χ1v) is 19.0. The number of nitrogens with zero attached hydrogens (tertiary/aromatic N) is 7. The first kappa shape index (κ1) is 35.6. The van der Waals surface area contributed by atoms with Gasteiger partial charge in [-0.25, -0.2) is 13.8 Å². The zero-order valence-corrected chi connectivity index (χ0v) is 31.3. The van der Waals surface area contributed by atoms with Crippen LogP contribution >= 0.6 is 0 Å². The van der Waals surface area contributed by atoms with Gasteiger partial charge in [0.2, 0.25) is 5.95 Å². The second-order valence-electron chi connectivity index (χ2n) is 15.6. The van der Waals surface area contributed by atoms with E-state index in [1.807, 2.05) is 31.0 Å². The van der Waals surface area contributed by atoms with Gasteiger partial charge in [-0.05, 0) is 68.1 Å². The SMILES string of the molecule is C=C1Nc2nc3ccc(C(=C)N4CC5(C4)CN(C(=C)C4CN(c6cc(F)cc(F)c6)C4)C5)cc3n2CCCCCCC(=NC)C(=CN)c2cc1cc(C)n2. The molecular weight excluding hydrogens is 681 g/mol. The Kier molecular flexibility index (Phi) is 9.27. The topological polar surface area (TPSA) is 90.8 Å². The number of hydrogen-bond acceptors (Lipinski definition) is 8. The Morgan fingerprint density at radius 1 is 0.944 bits per heavy atom. The van der Waals surface area contributed by atoms with Crippen molar-refractivity contribution in [3.05, 3.63) is 114 Å². The Morgan fingerprint density at radius 2 is 1.67 bits per heavy atom. The van der Waals surface area contributed by atoms with E-state index in [0.717, 1.165) is 152 Å². The van der Waals surface area contributed by atoms with Crippen molar-refractivity contribution in [2.24, 2.45) is 22.1 Å². The van der Waals surface area contributed by atoms with Crippen molar-refractivity contribution >= 4 is 45.3 Å². The number of nitrogens with two attached hydrogens (primary N) is 1. The van der Waals surface area contributed by atoms with Crippen LogP contribution in [0.1, 0.15) is 54.6 Å². The maximum Gasteiger partial charge on any atom is 0.208 e. The Hall–Kier alpha value is -5.45. The lowest BCUT2D eigenvalue weighted by atomic mass is 9.71. The third-order valence-electron chi connectivity index (χ3n) is 11.7. The van der Waals surface area contributed by atoms with Gasteiger partial charge in [-0.2, -0.15) is 0 Å². The number of nitrogens with one attached hydrogen (secondary N) is 1. The molecule has 0 radical (unpaired) electrons. The van der Waals surface area contributed by atoms with Gasteiger partial charge in [-0.3, -0.25) is 9.98 Å². The van der Waals surface area contributed by atoms with Gasteiger partial charge in [0.15, 0.2) is 0 Å². The summed E-state index contributed by atoms with van der Waals surface area (Å²) in [5.74, 6) is -0.0270. The molecule has 3 saturated heterocycles. The van der Waals surface area contributed by atoms with Gasteiger partial charge in [-0.15, -0.1) is 0 Å². The molecule has 0 saturated carbocycles. The number of aryl methyl sites for hydroxylation is 2. The molecule has 3 fully saturated rings. The summed E-state index contributed by atoms with van der Waals surface area (Å²) < 4.78 is 29.7. The number of imidazole rings is 1. The van der Waals surface area contributed by atoms with Crippen molar-refractivity contribution in [1.29, 1.82) is 0 Å². The molecule has 3 N–H and O–H groups in total. The molecule has 2 aromatic carbocycles. The minimum Gasteiger partial charge on any atom is -0.404 e. The third-order valence-corrected chi connectivity index (χ3v) is 11.7. The predicted octanol–water partition coefficient (Wildman–Crippen LogP) is 7.67. The van der Waals surface area contributed by atoms with E-state index < -0.39 is 11.6 Å². The Bertz CT molecular complexity index is 2190. The summed E-state index contributed by atoms with van der Waals surface area (Å²) in [5.41, 5.74) is 17.4. The maximum atomic E-state index is 13.7. The highest BCUT2D eigenvalue weighted by Crippen LogP contribution is 2.46. The smallest absolute Gasteiger partial charge is 0.208 e. The number of allylic oxidation sites excluding steroid dienone is 1. The molecule has 280 valence electrons. The van der Waals surface area contributed by atoms with E-state index in [1.165, 1.54) is 12.1 Å². The molecule has 8 rings (SSSR count). The standard InChI is InChI=1S/C43H49F2N9/c1-27-14-32-15-40(48-27)37(20-46)38(47-5)10-8-6-7-9-13-54-41-16-31(11-12-39(41)50-42(54)49-28(32)2)29(3)52-23-43(24-52)25-53(26-43)30(4)33-21-51(22-33)36-18-34(44)17-35(45)19-36/h11-12,14-20,33H,2-4,6-10,13,21-26,46H2,1,5H3,(H,49,50).